The van der Waals surface area contributed by atoms with E-state index in [1.807, 2.05) is 36.4 Å². The summed E-state index contributed by atoms with van der Waals surface area (Å²) in [5, 5.41) is 14.9. The summed E-state index contributed by atoms with van der Waals surface area (Å²) in [6, 6.07) is 11.0. The van der Waals surface area contributed by atoms with Crippen LogP contribution in [-0.4, -0.2) is 16.2 Å². The highest BCUT2D eigenvalue weighted by atomic mass is 35.5. The molecule has 1 aromatic carbocycles. The van der Waals surface area contributed by atoms with E-state index in [2.05, 4.69) is 22.2 Å². The Labute approximate surface area is 144 Å². The molecule has 0 atom stereocenters. The van der Waals surface area contributed by atoms with Gasteiger partial charge in [-0.25, -0.2) is 9.78 Å². The van der Waals surface area contributed by atoms with Gasteiger partial charge in [-0.3, -0.25) is 5.32 Å². The molecule has 24 heavy (non-hydrogen) atoms. The molecule has 1 aliphatic rings. The molecule has 3 rings (SSSR count). The van der Waals surface area contributed by atoms with Gasteiger partial charge < -0.3 is 10.4 Å². The smallest absolute Gasteiger partial charge is 0.410 e. The van der Waals surface area contributed by atoms with Crippen molar-refractivity contribution in [1.29, 1.82) is 0 Å². The van der Waals surface area contributed by atoms with E-state index in [0.717, 1.165) is 22.4 Å². The van der Waals surface area contributed by atoms with Crippen LogP contribution in [0.2, 0.25) is 5.02 Å². The molecule has 0 unspecified atom stereocenters. The maximum Gasteiger partial charge on any atom is 0.410 e. The number of nitrogens with one attached hydrogen (secondary N) is 2. The fourth-order valence-corrected chi connectivity index (χ4v) is 2.65. The molecule has 0 saturated heterocycles. The van der Waals surface area contributed by atoms with Gasteiger partial charge in [-0.05, 0) is 41.5 Å². The van der Waals surface area contributed by atoms with Crippen LogP contribution in [-0.2, 0) is 0 Å². The second-order valence-electron chi connectivity index (χ2n) is 5.15. The predicted octanol–water partition coefficient (Wildman–Crippen LogP) is 4.37. The number of carboxylic acid groups (broad SMARTS) is 1. The fourth-order valence-electron chi connectivity index (χ4n) is 2.41. The van der Waals surface area contributed by atoms with Crippen molar-refractivity contribution in [3.8, 4) is 0 Å². The van der Waals surface area contributed by atoms with Crippen molar-refractivity contribution >= 4 is 34.8 Å². The lowest BCUT2D eigenvalue weighted by molar-refractivity contribution is 0.209. The minimum atomic E-state index is -1.16. The first-order chi connectivity index (χ1) is 11.5. The summed E-state index contributed by atoms with van der Waals surface area (Å²) in [5.41, 5.74) is 4.11. The largest absolute Gasteiger partial charge is 0.465 e. The van der Waals surface area contributed by atoms with Crippen LogP contribution in [0.4, 0.5) is 10.6 Å². The number of hydrogen-bond acceptors (Lipinski definition) is 3. The molecular weight excluding hydrogens is 326 g/mol. The fraction of sp³-hybridized carbons (Fsp3) is 0. The summed E-state index contributed by atoms with van der Waals surface area (Å²) >= 11 is 6.27. The molecule has 120 valence electrons. The highest BCUT2D eigenvalue weighted by molar-refractivity contribution is 6.32. The van der Waals surface area contributed by atoms with Gasteiger partial charge in [-0.15, -0.1) is 0 Å². The first kappa shape index (κ1) is 15.8. The highest BCUT2D eigenvalue weighted by Gasteiger charge is 2.13. The van der Waals surface area contributed by atoms with Crippen LogP contribution < -0.4 is 10.6 Å². The second-order valence-corrected chi connectivity index (χ2v) is 5.55. The van der Waals surface area contributed by atoms with Gasteiger partial charge >= 0.3 is 6.09 Å². The van der Waals surface area contributed by atoms with E-state index in [4.69, 9.17) is 16.7 Å². The molecule has 5 nitrogen and oxygen atoms in total. The van der Waals surface area contributed by atoms with E-state index in [0.29, 0.717) is 10.7 Å². The molecule has 0 spiro atoms. The maximum absolute atomic E-state index is 10.8. The Kier molecular flexibility index (Phi) is 4.35. The molecule has 3 N–H and O–H groups in total. The summed E-state index contributed by atoms with van der Waals surface area (Å²) in [6.45, 7) is 3.97. The predicted molar refractivity (Wildman–Crippen MR) is 95.6 cm³/mol. The standard InChI is InChI=1S/C18H14ClN3O2/c1-11-8-13(12-6-7-20-17(10-12)22-18(23)24)9-16(21-11)14-4-2-3-5-15(14)19/h2-10,21H,1H2,(H,20,22)(H,23,24). The van der Waals surface area contributed by atoms with Crippen molar-refractivity contribution in [2.75, 3.05) is 5.32 Å². The summed E-state index contributed by atoms with van der Waals surface area (Å²) < 4.78 is 0. The van der Waals surface area contributed by atoms with Gasteiger partial charge in [-0.1, -0.05) is 36.4 Å². The van der Waals surface area contributed by atoms with Crippen molar-refractivity contribution in [2.24, 2.45) is 0 Å². The monoisotopic (exact) mass is 339 g/mol. The van der Waals surface area contributed by atoms with Crippen LogP contribution in [0, 0.1) is 0 Å². The Morgan fingerprint density at radius 2 is 2.04 bits per heavy atom. The number of amides is 1. The molecule has 0 bridgehead atoms. The van der Waals surface area contributed by atoms with Crippen LogP contribution in [0.3, 0.4) is 0 Å². The maximum atomic E-state index is 10.8. The second kappa shape index (κ2) is 6.60. The van der Waals surface area contributed by atoms with Gasteiger partial charge in [0.05, 0.1) is 0 Å². The van der Waals surface area contributed by atoms with Crippen LogP contribution in [0.5, 0.6) is 0 Å². The Morgan fingerprint density at radius 3 is 2.79 bits per heavy atom. The minimum absolute atomic E-state index is 0.262. The molecule has 0 fully saturated rings. The third-order valence-corrected chi connectivity index (χ3v) is 3.75. The first-order valence-corrected chi connectivity index (χ1v) is 7.51. The lowest BCUT2D eigenvalue weighted by atomic mass is 9.99. The Bertz CT molecular complexity index is 887. The summed E-state index contributed by atoms with van der Waals surface area (Å²) in [7, 11) is 0. The third-order valence-electron chi connectivity index (χ3n) is 3.42. The number of nitrogens with zero attached hydrogens (tertiary/aromatic N) is 1. The number of aromatic nitrogens is 1. The molecule has 6 heteroatoms. The molecule has 2 heterocycles. The van der Waals surface area contributed by atoms with Gasteiger partial charge in [0.25, 0.3) is 0 Å². The van der Waals surface area contributed by atoms with Gasteiger partial charge in [0.1, 0.15) is 5.82 Å². The van der Waals surface area contributed by atoms with Crippen molar-refractivity contribution in [1.82, 2.24) is 10.3 Å². The van der Waals surface area contributed by atoms with Crippen molar-refractivity contribution in [2.45, 2.75) is 0 Å². The van der Waals surface area contributed by atoms with Gasteiger partial charge in [0.15, 0.2) is 0 Å². The van der Waals surface area contributed by atoms with Crippen LogP contribution >= 0.6 is 11.6 Å². The molecule has 1 amide bonds. The minimum Gasteiger partial charge on any atom is -0.465 e. The third kappa shape index (κ3) is 3.47. The van der Waals surface area contributed by atoms with Crippen molar-refractivity contribution in [3.63, 3.8) is 0 Å². The summed E-state index contributed by atoms with van der Waals surface area (Å²) in [5.74, 6) is 0.262. The number of halogens is 1. The number of hydrogen-bond donors (Lipinski definition) is 3. The molecular formula is C18H14ClN3O2. The van der Waals surface area contributed by atoms with Crippen molar-refractivity contribution < 1.29 is 9.90 Å². The topological polar surface area (TPSA) is 74.2 Å². The average Bonchev–Trinajstić information content (AvgIpc) is 2.54. The number of dihydropyridines is 1. The van der Waals surface area contributed by atoms with Gasteiger partial charge in [0, 0.05) is 28.2 Å². The molecule has 1 aliphatic heterocycles. The van der Waals surface area contributed by atoms with E-state index in [-0.39, 0.29) is 5.82 Å². The van der Waals surface area contributed by atoms with Crippen LogP contribution in [0.1, 0.15) is 11.1 Å². The molecule has 0 radical (unpaired) electrons. The molecule has 0 saturated carbocycles. The zero-order valence-electron chi connectivity index (χ0n) is 12.6. The van der Waals surface area contributed by atoms with E-state index in [9.17, 15) is 4.79 Å². The quantitative estimate of drug-likeness (QED) is 0.776. The number of rotatable bonds is 3. The first-order valence-electron chi connectivity index (χ1n) is 7.13. The Balaban J connectivity index is 2.00. The number of carbonyl (C=O) groups is 1. The van der Waals surface area contributed by atoms with Gasteiger partial charge in [0.2, 0.25) is 0 Å². The Hall–Kier alpha value is -3.05. The van der Waals surface area contributed by atoms with E-state index < -0.39 is 6.09 Å². The molecule has 0 aliphatic carbocycles. The number of anilines is 1. The normalized spacial score (nSPS) is 13.6. The molecule has 1 aromatic heterocycles. The van der Waals surface area contributed by atoms with Crippen LogP contribution in [0.15, 0.2) is 67.0 Å². The van der Waals surface area contributed by atoms with Crippen molar-refractivity contribution in [3.05, 3.63) is 83.2 Å². The summed E-state index contributed by atoms with van der Waals surface area (Å²) in [4.78, 5) is 14.8. The van der Waals surface area contributed by atoms with E-state index in [1.54, 1.807) is 18.3 Å². The molecule has 2 aromatic rings. The number of pyridine rings is 1. The zero-order chi connectivity index (χ0) is 17.1. The van der Waals surface area contributed by atoms with E-state index >= 15 is 0 Å². The number of allylic oxidation sites excluding steroid dienone is 3. The van der Waals surface area contributed by atoms with Gasteiger partial charge in [-0.2, -0.15) is 0 Å². The zero-order valence-corrected chi connectivity index (χ0v) is 13.3. The van der Waals surface area contributed by atoms with Crippen LogP contribution in [0.25, 0.3) is 11.3 Å². The SMILES string of the molecule is C=C1C=C(c2ccnc(NC(=O)O)c2)C=C(c2ccccc2Cl)N1. The lowest BCUT2D eigenvalue weighted by Crippen LogP contribution is -2.14. The van der Waals surface area contributed by atoms with E-state index in [1.165, 1.54) is 0 Å². The summed E-state index contributed by atoms with van der Waals surface area (Å²) in [6.07, 6.45) is 4.21. The Morgan fingerprint density at radius 1 is 1.25 bits per heavy atom. The number of benzene rings is 1. The lowest BCUT2D eigenvalue weighted by Gasteiger charge is -2.19. The highest BCUT2D eigenvalue weighted by Crippen LogP contribution is 2.30. The average molecular weight is 340 g/mol.